The van der Waals surface area contributed by atoms with E-state index in [1.807, 2.05) is 43.5 Å². The molecule has 8 heteroatoms. The van der Waals surface area contributed by atoms with Gasteiger partial charge in [0.1, 0.15) is 0 Å². The average Bonchev–Trinajstić information content (AvgIpc) is 3.18. The van der Waals surface area contributed by atoms with E-state index >= 15 is 0 Å². The van der Waals surface area contributed by atoms with Crippen LogP contribution in [0.15, 0.2) is 44.4 Å². The van der Waals surface area contributed by atoms with Gasteiger partial charge in [0.25, 0.3) is 5.22 Å². The minimum atomic E-state index is -0.0625. The maximum atomic E-state index is 5.72. The molecule has 0 bridgehead atoms. The first-order valence-corrected chi connectivity index (χ1v) is 8.90. The number of benzene rings is 1. The highest BCUT2D eigenvalue weighted by Gasteiger charge is 2.19. The molecule has 3 rings (SSSR count). The number of rotatable bonds is 6. The molecule has 1 aromatic carbocycles. The van der Waals surface area contributed by atoms with Crippen LogP contribution in [0.5, 0.6) is 0 Å². The second-order valence-electron chi connectivity index (χ2n) is 4.47. The maximum absolute atomic E-state index is 5.72. The molecular formula is C14H14N4O2S2. The Morgan fingerprint density at radius 1 is 1.05 bits per heavy atom. The van der Waals surface area contributed by atoms with Crippen LogP contribution in [-0.2, 0) is 5.75 Å². The molecule has 22 heavy (non-hydrogen) atoms. The van der Waals surface area contributed by atoms with Gasteiger partial charge in [-0.25, -0.2) is 0 Å². The molecule has 0 aliphatic carbocycles. The van der Waals surface area contributed by atoms with Crippen molar-refractivity contribution >= 4 is 23.5 Å². The van der Waals surface area contributed by atoms with Crippen molar-refractivity contribution in [1.29, 1.82) is 0 Å². The number of thioether (sulfide) groups is 2. The van der Waals surface area contributed by atoms with Crippen molar-refractivity contribution in [2.24, 2.45) is 0 Å². The third-order valence-electron chi connectivity index (χ3n) is 2.80. The number of hydrogen-bond acceptors (Lipinski definition) is 8. The monoisotopic (exact) mass is 334 g/mol. The van der Waals surface area contributed by atoms with Gasteiger partial charge in [0, 0.05) is 5.56 Å². The van der Waals surface area contributed by atoms with Gasteiger partial charge in [-0.3, -0.25) is 0 Å². The lowest BCUT2D eigenvalue weighted by Crippen LogP contribution is -1.88. The maximum Gasteiger partial charge on any atom is 0.277 e. The van der Waals surface area contributed by atoms with Crippen LogP contribution in [0.4, 0.5) is 0 Å². The van der Waals surface area contributed by atoms with Gasteiger partial charge in [-0.15, -0.1) is 20.4 Å². The molecule has 6 nitrogen and oxygen atoms in total. The topological polar surface area (TPSA) is 77.8 Å². The fraction of sp³-hybridized carbons (Fsp3) is 0.286. The van der Waals surface area contributed by atoms with Crippen molar-refractivity contribution in [2.75, 3.05) is 6.26 Å². The average molecular weight is 334 g/mol. The van der Waals surface area contributed by atoms with Crippen molar-refractivity contribution in [2.45, 2.75) is 23.1 Å². The van der Waals surface area contributed by atoms with Gasteiger partial charge >= 0.3 is 0 Å². The Kier molecular flexibility index (Phi) is 4.79. The lowest BCUT2D eigenvalue weighted by molar-refractivity contribution is 0.424. The minimum Gasteiger partial charge on any atom is -0.419 e. The number of nitrogens with zero attached hydrogens (tertiary/aromatic N) is 4. The molecule has 0 saturated carbocycles. The Balaban J connectivity index is 1.70. The summed E-state index contributed by atoms with van der Waals surface area (Å²) in [6.45, 7) is 1.96. The standard InChI is InChI=1S/C14H14N4O2S2/c1-9(22-14-18-15-11(19-14)8-21-2)12-16-17-13(20-12)10-6-4-3-5-7-10/h3-7,9H,8H2,1-2H3. The lowest BCUT2D eigenvalue weighted by atomic mass is 10.2. The molecule has 2 aromatic heterocycles. The summed E-state index contributed by atoms with van der Waals surface area (Å²) < 4.78 is 11.3. The van der Waals surface area contributed by atoms with Crippen LogP contribution in [0.2, 0.25) is 0 Å². The molecule has 0 amide bonds. The molecule has 0 aliphatic heterocycles. The fourth-order valence-corrected chi connectivity index (χ4v) is 2.86. The SMILES string of the molecule is CSCc1nnc(SC(C)c2nnc(-c3ccccc3)o2)o1. The molecule has 0 spiro atoms. The predicted octanol–water partition coefficient (Wildman–Crippen LogP) is 3.84. The first kappa shape index (κ1) is 15.1. The summed E-state index contributed by atoms with van der Waals surface area (Å²) in [5.74, 6) is 2.38. The first-order valence-electron chi connectivity index (χ1n) is 6.63. The van der Waals surface area contributed by atoms with E-state index in [0.717, 1.165) is 5.56 Å². The quantitative estimate of drug-likeness (QED) is 0.629. The zero-order chi connectivity index (χ0) is 15.4. The van der Waals surface area contributed by atoms with E-state index in [9.17, 15) is 0 Å². The highest BCUT2D eigenvalue weighted by Crippen LogP contribution is 2.34. The van der Waals surface area contributed by atoms with Crippen LogP contribution < -0.4 is 0 Å². The molecule has 0 N–H and O–H groups in total. The van der Waals surface area contributed by atoms with Gasteiger partial charge in [0.05, 0.1) is 11.0 Å². The van der Waals surface area contributed by atoms with Crippen molar-refractivity contribution in [3.05, 3.63) is 42.1 Å². The highest BCUT2D eigenvalue weighted by atomic mass is 32.2. The molecule has 0 saturated heterocycles. The summed E-state index contributed by atoms with van der Waals surface area (Å²) in [4.78, 5) is 0. The predicted molar refractivity (Wildman–Crippen MR) is 85.5 cm³/mol. The Hall–Kier alpha value is -1.80. The van der Waals surface area contributed by atoms with Crippen LogP contribution in [0.1, 0.15) is 24.0 Å². The van der Waals surface area contributed by atoms with Crippen molar-refractivity contribution < 1.29 is 8.83 Å². The van der Waals surface area contributed by atoms with E-state index in [1.165, 1.54) is 11.8 Å². The molecule has 2 heterocycles. The summed E-state index contributed by atoms with van der Waals surface area (Å²) in [5.41, 5.74) is 0.901. The normalized spacial score (nSPS) is 12.5. The Morgan fingerprint density at radius 3 is 2.64 bits per heavy atom. The zero-order valence-corrected chi connectivity index (χ0v) is 13.7. The van der Waals surface area contributed by atoms with Crippen molar-refractivity contribution in [1.82, 2.24) is 20.4 Å². The van der Waals surface area contributed by atoms with Crippen LogP contribution in [0, 0.1) is 0 Å². The summed E-state index contributed by atoms with van der Waals surface area (Å²) in [5, 5.41) is 16.6. The van der Waals surface area contributed by atoms with Crippen LogP contribution >= 0.6 is 23.5 Å². The fourth-order valence-electron chi connectivity index (χ4n) is 1.77. The van der Waals surface area contributed by atoms with E-state index < -0.39 is 0 Å². The summed E-state index contributed by atoms with van der Waals surface area (Å²) >= 11 is 3.04. The largest absolute Gasteiger partial charge is 0.419 e. The number of aromatic nitrogens is 4. The van der Waals surface area contributed by atoms with E-state index in [1.54, 1.807) is 11.8 Å². The van der Waals surface area contributed by atoms with Gasteiger partial charge in [-0.2, -0.15) is 11.8 Å². The third-order valence-corrected chi connectivity index (χ3v) is 4.26. The molecular weight excluding hydrogens is 320 g/mol. The Bertz CT molecular complexity index is 729. The van der Waals surface area contributed by atoms with Crippen molar-refractivity contribution in [3.63, 3.8) is 0 Å². The molecule has 114 valence electrons. The molecule has 0 fully saturated rings. The van der Waals surface area contributed by atoms with Crippen LogP contribution in [0.3, 0.4) is 0 Å². The zero-order valence-electron chi connectivity index (χ0n) is 12.1. The second kappa shape index (κ2) is 6.97. The van der Waals surface area contributed by atoms with E-state index in [4.69, 9.17) is 8.83 Å². The van der Waals surface area contributed by atoms with Gasteiger partial charge < -0.3 is 8.83 Å². The summed E-state index contributed by atoms with van der Waals surface area (Å²) in [7, 11) is 0. The molecule has 1 atom stereocenters. The number of hydrogen-bond donors (Lipinski definition) is 0. The second-order valence-corrected chi connectivity index (χ2v) is 6.62. The van der Waals surface area contributed by atoms with Crippen molar-refractivity contribution in [3.8, 4) is 11.5 Å². The third kappa shape index (κ3) is 3.50. The van der Waals surface area contributed by atoms with E-state index in [0.29, 0.717) is 28.6 Å². The molecule has 0 radical (unpaired) electrons. The van der Waals surface area contributed by atoms with Gasteiger partial charge in [-0.05, 0) is 25.3 Å². The Labute approximate surface area is 136 Å². The van der Waals surface area contributed by atoms with Crippen LogP contribution in [0.25, 0.3) is 11.5 Å². The summed E-state index contributed by atoms with van der Waals surface area (Å²) in [6.07, 6.45) is 1.99. The lowest BCUT2D eigenvalue weighted by Gasteiger charge is -2.01. The van der Waals surface area contributed by atoms with Gasteiger partial charge in [0.15, 0.2) is 0 Å². The van der Waals surface area contributed by atoms with Crippen LogP contribution in [-0.4, -0.2) is 26.7 Å². The minimum absolute atomic E-state index is 0.0625. The van der Waals surface area contributed by atoms with E-state index in [2.05, 4.69) is 20.4 Å². The van der Waals surface area contributed by atoms with Gasteiger partial charge in [-0.1, -0.05) is 30.0 Å². The molecule has 0 aliphatic rings. The molecule has 3 aromatic rings. The Morgan fingerprint density at radius 2 is 1.86 bits per heavy atom. The highest BCUT2D eigenvalue weighted by molar-refractivity contribution is 7.99. The molecule has 1 unspecified atom stereocenters. The smallest absolute Gasteiger partial charge is 0.277 e. The van der Waals surface area contributed by atoms with E-state index in [-0.39, 0.29) is 5.25 Å². The van der Waals surface area contributed by atoms with Gasteiger partial charge in [0.2, 0.25) is 17.7 Å². The first-order chi connectivity index (χ1) is 10.8. The summed E-state index contributed by atoms with van der Waals surface area (Å²) in [6, 6.07) is 9.68.